The molecule has 0 unspecified atom stereocenters. The first kappa shape index (κ1) is 11.5. The van der Waals surface area contributed by atoms with E-state index in [0.29, 0.717) is 0 Å². The molecule has 0 fully saturated rings. The Morgan fingerprint density at radius 3 is 1.50 bits per heavy atom. The van der Waals surface area contributed by atoms with Crippen LogP contribution in [0.3, 0.4) is 0 Å². The molecule has 80 valence electrons. The lowest BCUT2D eigenvalue weighted by Crippen LogP contribution is -1.66. The van der Waals surface area contributed by atoms with Crippen molar-refractivity contribution in [2.75, 3.05) is 0 Å². The number of azo groups is 1. The fourth-order valence-electron chi connectivity index (χ4n) is 1.19. The topological polar surface area (TPSA) is 24.7 Å². The lowest BCUT2D eigenvalue weighted by Gasteiger charge is -1.94. The van der Waals surface area contributed by atoms with Crippen LogP contribution in [0.4, 0.5) is 11.4 Å². The van der Waals surface area contributed by atoms with Crippen molar-refractivity contribution in [3.05, 3.63) is 57.5 Å². The summed E-state index contributed by atoms with van der Waals surface area (Å²) in [5.74, 6) is 0. The second-order valence-electron chi connectivity index (χ2n) is 3.16. The van der Waals surface area contributed by atoms with Crippen LogP contribution in [0.5, 0.6) is 0 Å². The first-order valence-corrected chi connectivity index (χ1v) is 6.25. The minimum atomic E-state index is 0.828. The highest BCUT2D eigenvalue weighted by molar-refractivity contribution is 9.10. The minimum Gasteiger partial charge on any atom is -0.151 e. The Kier molecular flexibility index (Phi) is 3.85. The highest BCUT2D eigenvalue weighted by Gasteiger charge is 1.92. The summed E-state index contributed by atoms with van der Waals surface area (Å²) in [4.78, 5) is 0. The highest BCUT2D eigenvalue weighted by Crippen LogP contribution is 2.23. The number of hydrogen-bond donors (Lipinski definition) is 0. The van der Waals surface area contributed by atoms with Crippen molar-refractivity contribution in [1.29, 1.82) is 0 Å². The Bertz CT molecular complexity index is 476. The van der Waals surface area contributed by atoms with E-state index < -0.39 is 0 Å². The van der Waals surface area contributed by atoms with Gasteiger partial charge in [-0.3, -0.25) is 0 Å². The molecule has 0 heterocycles. The van der Waals surface area contributed by atoms with Gasteiger partial charge in [-0.1, -0.05) is 44.0 Å². The van der Waals surface area contributed by atoms with Crippen LogP contribution in [0.2, 0.25) is 0 Å². The molecule has 16 heavy (non-hydrogen) atoms. The van der Waals surface area contributed by atoms with Crippen molar-refractivity contribution in [3.63, 3.8) is 0 Å². The van der Waals surface area contributed by atoms with Crippen molar-refractivity contribution in [3.8, 4) is 0 Å². The molecule has 0 atom stereocenters. The number of halogens is 2. The maximum absolute atomic E-state index is 4.15. The SMILES string of the molecule is Brc1cccc(/N=N/c2cccc(Br)c2)c1. The van der Waals surface area contributed by atoms with Crippen molar-refractivity contribution in [1.82, 2.24) is 0 Å². The van der Waals surface area contributed by atoms with Crippen LogP contribution in [-0.2, 0) is 0 Å². The molecule has 0 spiro atoms. The molecule has 0 N–H and O–H groups in total. The number of benzene rings is 2. The summed E-state index contributed by atoms with van der Waals surface area (Å²) in [5.41, 5.74) is 1.66. The third-order valence-corrected chi connectivity index (χ3v) is 2.88. The summed E-state index contributed by atoms with van der Waals surface area (Å²) in [6.45, 7) is 0. The molecule has 0 bridgehead atoms. The molecule has 0 aromatic heterocycles. The predicted octanol–water partition coefficient (Wildman–Crippen LogP) is 5.63. The van der Waals surface area contributed by atoms with Crippen LogP contribution in [0, 0.1) is 0 Å². The van der Waals surface area contributed by atoms with Crippen molar-refractivity contribution < 1.29 is 0 Å². The van der Waals surface area contributed by atoms with Gasteiger partial charge in [-0.15, -0.1) is 0 Å². The molecular weight excluding hydrogens is 332 g/mol. The number of rotatable bonds is 2. The van der Waals surface area contributed by atoms with Crippen molar-refractivity contribution in [2.24, 2.45) is 10.2 Å². The van der Waals surface area contributed by atoms with Gasteiger partial charge in [0, 0.05) is 8.95 Å². The summed E-state index contributed by atoms with van der Waals surface area (Å²) in [7, 11) is 0. The van der Waals surface area contributed by atoms with E-state index in [9.17, 15) is 0 Å². The van der Waals surface area contributed by atoms with Crippen LogP contribution >= 0.6 is 31.9 Å². The average Bonchev–Trinajstić information content (AvgIpc) is 2.27. The van der Waals surface area contributed by atoms with Gasteiger partial charge in [0.15, 0.2) is 0 Å². The summed E-state index contributed by atoms with van der Waals surface area (Å²) >= 11 is 6.78. The second kappa shape index (κ2) is 5.37. The van der Waals surface area contributed by atoms with Gasteiger partial charge in [-0.25, -0.2) is 0 Å². The normalized spacial score (nSPS) is 10.9. The molecule has 0 amide bonds. The van der Waals surface area contributed by atoms with Crippen LogP contribution in [-0.4, -0.2) is 0 Å². The summed E-state index contributed by atoms with van der Waals surface area (Å²) in [6.07, 6.45) is 0. The van der Waals surface area contributed by atoms with E-state index >= 15 is 0 Å². The van der Waals surface area contributed by atoms with E-state index in [1.807, 2.05) is 48.5 Å². The summed E-state index contributed by atoms with van der Waals surface area (Å²) in [5, 5.41) is 8.31. The Labute approximate surface area is 111 Å². The van der Waals surface area contributed by atoms with Gasteiger partial charge < -0.3 is 0 Å². The van der Waals surface area contributed by atoms with Gasteiger partial charge in [0.25, 0.3) is 0 Å². The average molecular weight is 340 g/mol. The molecule has 2 nitrogen and oxygen atoms in total. The Balaban J connectivity index is 2.21. The molecule has 2 rings (SSSR count). The van der Waals surface area contributed by atoms with Gasteiger partial charge >= 0.3 is 0 Å². The molecule has 0 saturated carbocycles. The molecule has 0 saturated heterocycles. The monoisotopic (exact) mass is 338 g/mol. The zero-order valence-corrected chi connectivity index (χ0v) is 11.4. The van der Waals surface area contributed by atoms with Crippen LogP contribution in [0.15, 0.2) is 67.7 Å². The molecule has 2 aromatic rings. The molecule has 0 aliphatic rings. The quantitative estimate of drug-likeness (QED) is 0.634. The maximum Gasteiger partial charge on any atom is 0.0868 e. The predicted molar refractivity (Wildman–Crippen MR) is 72.5 cm³/mol. The standard InChI is InChI=1S/C12H8Br2N2/c13-9-3-1-5-11(7-9)15-16-12-6-2-4-10(14)8-12/h1-8H/b16-15+. The lowest BCUT2D eigenvalue weighted by atomic mass is 10.3. The van der Waals surface area contributed by atoms with Gasteiger partial charge in [-0.2, -0.15) is 10.2 Å². The fraction of sp³-hybridized carbons (Fsp3) is 0. The first-order chi connectivity index (χ1) is 7.74. The first-order valence-electron chi connectivity index (χ1n) is 4.67. The van der Waals surface area contributed by atoms with E-state index in [-0.39, 0.29) is 0 Å². The molecule has 0 aliphatic carbocycles. The van der Waals surface area contributed by atoms with E-state index in [1.54, 1.807) is 0 Å². The highest BCUT2D eigenvalue weighted by atomic mass is 79.9. The molecule has 0 aliphatic heterocycles. The van der Waals surface area contributed by atoms with Crippen molar-refractivity contribution >= 4 is 43.2 Å². The third kappa shape index (κ3) is 3.25. The minimum absolute atomic E-state index is 0.828. The Morgan fingerprint density at radius 1 is 0.688 bits per heavy atom. The molecule has 2 aromatic carbocycles. The zero-order chi connectivity index (χ0) is 11.4. The lowest BCUT2D eigenvalue weighted by molar-refractivity contribution is 1.23. The van der Waals surface area contributed by atoms with E-state index in [0.717, 1.165) is 20.3 Å². The summed E-state index contributed by atoms with van der Waals surface area (Å²) in [6, 6.07) is 15.4. The Morgan fingerprint density at radius 2 is 1.12 bits per heavy atom. The third-order valence-electron chi connectivity index (χ3n) is 1.90. The van der Waals surface area contributed by atoms with E-state index in [4.69, 9.17) is 0 Å². The maximum atomic E-state index is 4.15. The van der Waals surface area contributed by atoms with Gasteiger partial charge in [0.1, 0.15) is 0 Å². The second-order valence-corrected chi connectivity index (χ2v) is 4.99. The zero-order valence-electron chi connectivity index (χ0n) is 8.27. The Hall–Kier alpha value is -1.00. The van der Waals surface area contributed by atoms with Crippen LogP contribution in [0.1, 0.15) is 0 Å². The van der Waals surface area contributed by atoms with Crippen LogP contribution in [0.25, 0.3) is 0 Å². The van der Waals surface area contributed by atoms with Gasteiger partial charge in [-0.05, 0) is 36.4 Å². The van der Waals surface area contributed by atoms with Crippen molar-refractivity contribution in [2.45, 2.75) is 0 Å². The largest absolute Gasteiger partial charge is 0.151 e. The molecule has 0 radical (unpaired) electrons. The van der Waals surface area contributed by atoms with Gasteiger partial charge in [0.05, 0.1) is 11.4 Å². The number of hydrogen-bond acceptors (Lipinski definition) is 2. The fourth-order valence-corrected chi connectivity index (χ4v) is 1.97. The van der Waals surface area contributed by atoms with E-state index in [1.165, 1.54) is 0 Å². The van der Waals surface area contributed by atoms with Gasteiger partial charge in [0.2, 0.25) is 0 Å². The van der Waals surface area contributed by atoms with E-state index in [2.05, 4.69) is 42.1 Å². The summed E-state index contributed by atoms with van der Waals surface area (Å²) < 4.78 is 2.00. The smallest absolute Gasteiger partial charge is 0.0868 e. The molecule has 4 heteroatoms. The van der Waals surface area contributed by atoms with Crippen LogP contribution < -0.4 is 0 Å². The molecular formula is C12H8Br2N2. The number of nitrogens with zero attached hydrogens (tertiary/aromatic N) is 2.